The fourth-order valence-corrected chi connectivity index (χ4v) is 3.44. The molecule has 1 aliphatic heterocycles. The van der Waals surface area contributed by atoms with Gasteiger partial charge in [0.05, 0.1) is 23.9 Å². The molecular weight excluding hydrogens is 340 g/mol. The molecule has 3 rings (SSSR count). The Hall–Kier alpha value is -2.95. The summed E-state index contributed by atoms with van der Waals surface area (Å²) in [6.07, 6.45) is 1.95. The van der Waals surface area contributed by atoms with Crippen LogP contribution >= 0.6 is 0 Å². The predicted octanol–water partition coefficient (Wildman–Crippen LogP) is 3.90. The molecule has 5 nitrogen and oxygen atoms in total. The SMILES string of the molecule is Cc1cccc(C2C(C(=O)CC(C)C)=C(O)C(=O)N2Cc2ccccn2)c1. The van der Waals surface area contributed by atoms with E-state index in [1.54, 1.807) is 12.3 Å². The highest BCUT2D eigenvalue weighted by atomic mass is 16.3. The maximum Gasteiger partial charge on any atom is 0.290 e. The van der Waals surface area contributed by atoms with Gasteiger partial charge in [0.1, 0.15) is 0 Å². The van der Waals surface area contributed by atoms with Crippen molar-refractivity contribution in [1.29, 1.82) is 0 Å². The second-order valence-electron chi connectivity index (χ2n) is 7.35. The third-order valence-corrected chi connectivity index (χ3v) is 4.61. The number of amides is 1. The number of ketones is 1. The van der Waals surface area contributed by atoms with Crippen LogP contribution in [0, 0.1) is 12.8 Å². The summed E-state index contributed by atoms with van der Waals surface area (Å²) in [7, 11) is 0. The molecule has 0 bridgehead atoms. The lowest BCUT2D eigenvalue weighted by Crippen LogP contribution is -2.31. The molecule has 0 radical (unpaired) electrons. The molecule has 1 atom stereocenters. The molecule has 0 saturated carbocycles. The van der Waals surface area contributed by atoms with Gasteiger partial charge in [-0.05, 0) is 30.5 Å². The van der Waals surface area contributed by atoms with E-state index in [9.17, 15) is 14.7 Å². The zero-order valence-electron chi connectivity index (χ0n) is 15.8. The van der Waals surface area contributed by atoms with Gasteiger partial charge in [0.2, 0.25) is 0 Å². The number of hydrogen-bond acceptors (Lipinski definition) is 4. The van der Waals surface area contributed by atoms with Crippen molar-refractivity contribution in [3.63, 3.8) is 0 Å². The number of hydrogen-bond donors (Lipinski definition) is 1. The van der Waals surface area contributed by atoms with Crippen molar-refractivity contribution < 1.29 is 14.7 Å². The van der Waals surface area contributed by atoms with E-state index in [0.29, 0.717) is 5.69 Å². The van der Waals surface area contributed by atoms with Crippen molar-refractivity contribution in [2.24, 2.45) is 5.92 Å². The minimum absolute atomic E-state index is 0.135. The van der Waals surface area contributed by atoms with Crippen molar-refractivity contribution in [3.05, 3.63) is 76.8 Å². The molecular formula is C22H24N2O3. The number of nitrogens with zero attached hydrogens (tertiary/aromatic N) is 2. The second-order valence-corrected chi connectivity index (χ2v) is 7.35. The molecule has 5 heteroatoms. The molecule has 1 amide bonds. The standard InChI is InChI=1S/C22H24N2O3/c1-14(2)11-18(25)19-20(16-8-6-7-15(3)12-16)24(22(27)21(19)26)13-17-9-4-5-10-23-17/h4-10,12,14,20,26H,11,13H2,1-3H3. The van der Waals surface area contributed by atoms with E-state index in [2.05, 4.69) is 4.98 Å². The van der Waals surface area contributed by atoms with Crippen LogP contribution in [0.2, 0.25) is 0 Å². The van der Waals surface area contributed by atoms with E-state index in [1.165, 1.54) is 4.90 Å². The molecule has 0 aliphatic carbocycles. The number of aliphatic hydroxyl groups excluding tert-OH is 1. The first-order valence-corrected chi connectivity index (χ1v) is 9.12. The Kier molecular flexibility index (Phi) is 5.40. The van der Waals surface area contributed by atoms with Gasteiger partial charge in [-0.15, -0.1) is 0 Å². The van der Waals surface area contributed by atoms with Gasteiger partial charge in [0, 0.05) is 12.6 Å². The summed E-state index contributed by atoms with van der Waals surface area (Å²) in [5.41, 5.74) is 2.74. The van der Waals surface area contributed by atoms with Crippen LogP contribution in [-0.2, 0) is 16.1 Å². The number of aryl methyl sites for hydroxylation is 1. The third kappa shape index (κ3) is 3.92. The van der Waals surface area contributed by atoms with Crippen molar-refractivity contribution in [3.8, 4) is 0 Å². The normalized spacial score (nSPS) is 17.1. The molecule has 0 saturated heterocycles. The Morgan fingerprint density at radius 1 is 1.22 bits per heavy atom. The number of Topliss-reactive ketones (excluding diaryl/α,β-unsaturated/α-hetero) is 1. The van der Waals surface area contributed by atoms with Crippen molar-refractivity contribution in [1.82, 2.24) is 9.88 Å². The minimum atomic E-state index is -0.606. The van der Waals surface area contributed by atoms with Crippen molar-refractivity contribution in [2.75, 3.05) is 0 Å². The molecule has 1 N–H and O–H groups in total. The molecule has 1 aromatic heterocycles. The maximum atomic E-state index is 12.9. The quantitative estimate of drug-likeness (QED) is 0.844. The van der Waals surface area contributed by atoms with Crippen LogP contribution in [0.4, 0.5) is 0 Å². The highest BCUT2D eigenvalue weighted by molar-refractivity contribution is 6.09. The lowest BCUT2D eigenvalue weighted by molar-refractivity contribution is -0.130. The van der Waals surface area contributed by atoms with Crippen LogP contribution in [0.25, 0.3) is 0 Å². The Balaban J connectivity index is 2.05. The van der Waals surface area contributed by atoms with E-state index in [-0.39, 0.29) is 30.2 Å². The van der Waals surface area contributed by atoms with Crippen LogP contribution in [-0.4, -0.2) is 26.7 Å². The first kappa shape index (κ1) is 18.8. The summed E-state index contributed by atoms with van der Waals surface area (Å²) >= 11 is 0. The Morgan fingerprint density at radius 2 is 2.00 bits per heavy atom. The molecule has 1 unspecified atom stereocenters. The Labute approximate surface area is 159 Å². The van der Waals surface area contributed by atoms with Gasteiger partial charge >= 0.3 is 0 Å². The zero-order valence-corrected chi connectivity index (χ0v) is 15.8. The van der Waals surface area contributed by atoms with Gasteiger partial charge in [0.25, 0.3) is 5.91 Å². The summed E-state index contributed by atoms with van der Waals surface area (Å²) in [5.74, 6) is -1.02. The van der Waals surface area contributed by atoms with E-state index in [0.717, 1.165) is 11.1 Å². The fraction of sp³-hybridized carbons (Fsp3) is 0.318. The molecule has 2 aromatic rings. The highest BCUT2D eigenvalue weighted by Gasteiger charge is 2.43. The lowest BCUT2D eigenvalue weighted by atomic mass is 9.91. The van der Waals surface area contributed by atoms with Gasteiger partial charge in [-0.1, -0.05) is 49.7 Å². The summed E-state index contributed by atoms with van der Waals surface area (Å²) < 4.78 is 0. The summed E-state index contributed by atoms with van der Waals surface area (Å²) in [4.78, 5) is 31.5. The molecule has 2 heterocycles. The van der Waals surface area contributed by atoms with E-state index in [1.807, 2.05) is 57.2 Å². The van der Waals surface area contributed by atoms with Gasteiger partial charge in [-0.2, -0.15) is 0 Å². The highest BCUT2D eigenvalue weighted by Crippen LogP contribution is 2.39. The Morgan fingerprint density at radius 3 is 2.63 bits per heavy atom. The first-order chi connectivity index (χ1) is 12.9. The number of pyridine rings is 1. The number of carbonyl (C=O) groups excluding carboxylic acids is 2. The van der Waals surface area contributed by atoms with Crippen molar-refractivity contribution >= 4 is 11.7 Å². The largest absolute Gasteiger partial charge is 0.503 e. The van der Waals surface area contributed by atoms with Crippen LogP contribution in [0.15, 0.2) is 60.0 Å². The van der Waals surface area contributed by atoms with Gasteiger partial charge in [-0.25, -0.2) is 0 Å². The van der Waals surface area contributed by atoms with Gasteiger partial charge < -0.3 is 10.0 Å². The second kappa shape index (κ2) is 7.74. The van der Waals surface area contributed by atoms with E-state index in [4.69, 9.17) is 0 Å². The predicted molar refractivity (Wildman–Crippen MR) is 103 cm³/mol. The van der Waals surface area contributed by atoms with Crippen LogP contribution in [0.3, 0.4) is 0 Å². The van der Waals surface area contributed by atoms with E-state index < -0.39 is 17.7 Å². The smallest absolute Gasteiger partial charge is 0.290 e. The number of aliphatic hydroxyl groups is 1. The first-order valence-electron chi connectivity index (χ1n) is 9.12. The maximum absolute atomic E-state index is 12.9. The monoisotopic (exact) mass is 364 g/mol. The van der Waals surface area contributed by atoms with Gasteiger partial charge in [-0.3, -0.25) is 14.6 Å². The number of aromatic nitrogens is 1. The average molecular weight is 364 g/mol. The summed E-state index contributed by atoms with van der Waals surface area (Å²) in [6.45, 7) is 6.07. The minimum Gasteiger partial charge on any atom is -0.503 e. The topological polar surface area (TPSA) is 70.5 Å². The third-order valence-electron chi connectivity index (χ3n) is 4.61. The van der Waals surface area contributed by atoms with E-state index >= 15 is 0 Å². The Bertz CT molecular complexity index is 887. The van der Waals surface area contributed by atoms with Crippen LogP contribution in [0.5, 0.6) is 0 Å². The number of carbonyl (C=O) groups is 2. The molecule has 0 spiro atoms. The molecule has 1 aromatic carbocycles. The summed E-state index contributed by atoms with van der Waals surface area (Å²) in [5, 5.41) is 10.5. The molecule has 1 aliphatic rings. The number of rotatable bonds is 6. The number of benzene rings is 1. The van der Waals surface area contributed by atoms with Crippen LogP contribution in [0.1, 0.15) is 43.1 Å². The van der Waals surface area contributed by atoms with Crippen LogP contribution < -0.4 is 0 Å². The van der Waals surface area contributed by atoms with Gasteiger partial charge in [0.15, 0.2) is 11.5 Å². The van der Waals surface area contributed by atoms with Crippen molar-refractivity contribution in [2.45, 2.75) is 39.8 Å². The molecule has 140 valence electrons. The fourth-order valence-electron chi connectivity index (χ4n) is 3.44. The molecule has 27 heavy (non-hydrogen) atoms. The average Bonchev–Trinajstić information content (AvgIpc) is 2.87. The molecule has 0 fully saturated rings. The zero-order chi connectivity index (χ0) is 19.6. The summed E-state index contributed by atoms with van der Waals surface area (Å²) in [6, 6.07) is 12.6. The lowest BCUT2D eigenvalue weighted by Gasteiger charge is -2.27.